The molecule has 1 amide bonds. The first-order chi connectivity index (χ1) is 18.5. The molecule has 38 heavy (non-hydrogen) atoms. The quantitative estimate of drug-likeness (QED) is 0.243. The predicted octanol–water partition coefficient (Wildman–Crippen LogP) is 6.80. The van der Waals surface area contributed by atoms with Gasteiger partial charge in [-0.1, -0.05) is 25.1 Å². The molecule has 0 saturated carbocycles. The monoisotopic (exact) mass is 510 g/mol. The maximum absolute atomic E-state index is 13.9. The topological polar surface area (TPSA) is 60.6 Å². The molecule has 1 aromatic heterocycles. The second kappa shape index (κ2) is 11.7. The van der Waals surface area contributed by atoms with Gasteiger partial charge in [0.15, 0.2) is 0 Å². The molecule has 0 saturated heterocycles. The number of nitrogens with one attached hydrogen (secondary N) is 2. The number of para-hydroxylation sites is 2. The van der Waals surface area contributed by atoms with Gasteiger partial charge in [-0.25, -0.2) is 0 Å². The minimum absolute atomic E-state index is 0.00425. The van der Waals surface area contributed by atoms with Gasteiger partial charge in [-0.05, 0) is 106 Å². The van der Waals surface area contributed by atoms with E-state index in [1.165, 1.54) is 0 Å². The number of carbonyl (C=O) groups is 1. The molecule has 2 heterocycles. The fraction of sp³-hybridized carbons (Fsp3) is 0.344. The number of hydrogen-bond donors (Lipinski definition) is 2. The zero-order valence-corrected chi connectivity index (χ0v) is 22.7. The van der Waals surface area contributed by atoms with Crippen molar-refractivity contribution in [1.82, 2.24) is 9.88 Å². The van der Waals surface area contributed by atoms with Crippen molar-refractivity contribution in [2.75, 3.05) is 43.5 Å². The number of hydrogen-bond acceptors (Lipinski definition) is 4. The summed E-state index contributed by atoms with van der Waals surface area (Å²) in [5.74, 6) is 0.750. The van der Waals surface area contributed by atoms with Crippen LogP contribution in [-0.2, 0) is 0 Å². The molecule has 0 spiro atoms. The van der Waals surface area contributed by atoms with Crippen LogP contribution >= 0.6 is 0 Å². The van der Waals surface area contributed by atoms with Crippen LogP contribution in [0.3, 0.4) is 0 Å². The molecule has 4 aromatic rings. The Morgan fingerprint density at radius 3 is 2.82 bits per heavy atom. The molecule has 1 aliphatic heterocycles. The highest BCUT2D eigenvalue weighted by molar-refractivity contribution is 6.08. The Labute approximate surface area is 225 Å². The summed E-state index contributed by atoms with van der Waals surface area (Å²) < 4.78 is 6.38. The molecule has 6 nitrogen and oxygen atoms in total. The van der Waals surface area contributed by atoms with Gasteiger partial charge < -0.3 is 24.8 Å². The van der Waals surface area contributed by atoms with Crippen LogP contribution in [0.1, 0.15) is 43.5 Å². The van der Waals surface area contributed by atoms with E-state index < -0.39 is 0 Å². The SMILES string of the molecule is CCN(C)CCCCOc1cc(C(=O)N2CC[C@H](C)Nc3ccccc32)ccc1-c1ccc2[nH]ccc2c1. The summed E-state index contributed by atoms with van der Waals surface area (Å²) >= 11 is 0. The minimum atomic E-state index is -0.00425. The highest BCUT2D eigenvalue weighted by Gasteiger charge is 2.25. The highest BCUT2D eigenvalue weighted by atomic mass is 16.5. The van der Waals surface area contributed by atoms with Crippen molar-refractivity contribution in [2.24, 2.45) is 0 Å². The molecular formula is C32H38N4O2. The fourth-order valence-electron chi connectivity index (χ4n) is 5.04. The van der Waals surface area contributed by atoms with Crippen LogP contribution in [0.25, 0.3) is 22.0 Å². The van der Waals surface area contributed by atoms with Crippen LogP contribution in [-0.4, -0.2) is 55.1 Å². The van der Waals surface area contributed by atoms with Gasteiger partial charge in [-0.2, -0.15) is 0 Å². The van der Waals surface area contributed by atoms with Gasteiger partial charge in [0.25, 0.3) is 5.91 Å². The first kappa shape index (κ1) is 25.9. The molecule has 3 aromatic carbocycles. The van der Waals surface area contributed by atoms with E-state index in [0.29, 0.717) is 24.8 Å². The van der Waals surface area contributed by atoms with Gasteiger partial charge in [-0.15, -0.1) is 0 Å². The summed E-state index contributed by atoms with van der Waals surface area (Å²) in [6, 6.07) is 22.7. The average Bonchev–Trinajstić information content (AvgIpc) is 3.34. The summed E-state index contributed by atoms with van der Waals surface area (Å²) in [6.07, 6.45) is 4.87. The van der Waals surface area contributed by atoms with Gasteiger partial charge >= 0.3 is 0 Å². The molecule has 0 bridgehead atoms. The fourth-order valence-corrected chi connectivity index (χ4v) is 5.04. The smallest absolute Gasteiger partial charge is 0.258 e. The van der Waals surface area contributed by atoms with Crippen molar-refractivity contribution in [2.45, 2.75) is 39.2 Å². The average molecular weight is 511 g/mol. The Hall–Kier alpha value is -3.77. The second-order valence-electron chi connectivity index (χ2n) is 10.3. The third kappa shape index (κ3) is 5.70. The molecule has 1 atom stereocenters. The van der Waals surface area contributed by atoms with Crippen LogP contribution in [0, 0.1) is 0 Å². The third-order valence-corrected chi connectivity index (χ3v) is 7.45. The van der Waals surface area contributed by atoms with E-state index in [0.717, 1.165) is 71.5 Å². The first-order valence-electron chi connectivity index (χ1n) is 13.7. The van der Waals surface area contributed by atoms with E-state index in [9.17, 15) is 4.79 Å². The van der Waals surface area contributed by atoms with E-state index in [1.54, 1.807) is 0 Å². The Balaban J connectivity index is 1.44. The lowest BCUT2D eigenvalue weighted by atomic mass is 10.0. The number of ether oxygens (including phenoxy) is 1. The van der Waals surface area contributed by atoms with Crippen molar-refractivity contribution < 1.29 is 9.53 Å². The highest BCUT2D eigenvalue weighted by Crippen LogP contribution is 2.35. The van der Waals surface area contributed by atoms with Crippen molar-refractivity contribution in [3.8, 4) is 16.9 Å². The Morgan fingerprint density at radius 1 is 1.08 bits per heavy atom. The van der Waals surface area contributed by atoms with E-state index >= 15 is 0 Å². The largest absolute Gasteiger partial charge is 0.493 e. The lowest BCUT2D eigenvalue weighted by Crippen LogP contribution is -2.32. The summed E-state index contributed by atoms with van der Waals surface area (Å²) in [5, 5.41) is 4.69. The number of H-pyrrole nitrogens is 1. The first-order valence-corrected chi connectivity index (χ1v) is 13.7. The Bertz CT molecular complexity index is 1400. The lowest BCUT2D eigenvalue weighted by Gasteiger charge is -2.23. The number of unbranched alkanes of at least 4 members (excludes halogenated alkanes) is 1. The van der Waals surface area contributed by atoms with Crippen molar-refractivity contribution in [3.05, 3.63) is 78.5 Å². The number of benzene rings is 3. The van der Waals surface area contributed by atoms with Crippen LogP contribution < -0.4 is 15.0 Å². The second-order valence-corrected chi connectivity index (χ2v) is 10.3. The zero-order chi connectivity index (χ0) is 26.5. The summed E-state index contributed by atoms with van der Waals surface area (Å²) in [6.45, 7) is 7.71. The number of nitrogens with zero attached hydrogens (tertiary/aromatic N) is 2. The summed E-state index contributed by atoms with van der Waals surface area (Å²) in [5.41, 5.74) is 5.74. The van der Waals surface area contributed by atoms with Crippen LogP contribution in [0.4, 0.5) is 11.4 Å². The van der Waals surface area contributed by atoms with Gasteiger partial charge in [0, 0.05) is 35.4 Å². The number of aromatic amines is 1. The predicted molar refractivity (Wildman–Crippen MR) is 157 cm³/mol. The number of anilines is 2. The summed E-state index contributed by atoms with van der Waals surface area (Å²) in [7, 11) is 2.14. The zero-order valence-electron chi connectivity index (χ0n) is 22.7. The molecule has 0 aliphatic carbocycles. The van der Waals surface area contributed by atoms with E-state index in [-0.39, 0.29) is 5.91 Å². The minimum Gasteiger partial charge on any atom is -0.493 e. The number of rotatable bonds is 9. The molecule has 1 aliphatic rings. The summed E-state index contributed by atoms with van der Waals surface area (Å²) in [4.78, 5) is 21.4. The molecular weight excluding hydrogens is 472 g/mol. The van der Waals surface area contributed by atoms with E-state index in [1.807, 2.05) is 53.6 Å². The lowest BCUT2D eigenvalue weighted by molar-refractivity contribution is 0.0986. The Morgan fingerprint density at radius 2 is 1.95 bits per heavy atom. The normalized spacial score (nSPS) is 15.3. The maximum atomic E-state index is 13.9. The van der Waals surface area contributed by atoms with Gasteiger partial charge in [0.1, 0.15) is 5.75 Å². The van der Waals surface area contributed by atoms with E-state index in [2.05, 4.69) is 60.4 Å². The van der Waals surface area contributed by atoms with Gasteiger partial charge in [0.2, 0.25) is 0 Å². The van der Waals surface area contributed by atoms with Crippen LogP contribution in [0.15, 0.2) is 72.9 Å². The molecule has 0 unspecified atom stereocenters. The number of fused-ring (bicyclic) bond motifs is 2. The Kier molecular flexibility index (Phi) is 7.99. The van der Waals surface area contributed by atoms with Crippen molar-refractivity contribution >= 4 is 28.2 Å². The number of carbonyl (C=O) groups excluding carboxylic acids is 1. The van der Waals surface area contributed by atoms with Gasteiger partial charge in [-0.3, -0.25) is 4.79 Å². The van der Waals surface area contributed by atoms with E-state index in [4.69, 9.17) is 4.74 Å². The number of aromatic nitrogens is 1. The van der Waals surface area contributed by atoms with Crippen molar-refractivity contribution in [3.63, 3.8) is 0 Å². The van der Waals surface area contributed by atoms with Crippen LogP contribution in [0.5, 0.6) is 5.75 Å². The third-order valence-electron chi connectivity index (χ3n) is 7.45. The maximum Gasteiger partial charge on any atom is 0.258 e. The molecule has 6 heteroatoms. The molecule has 5 rings (SSSR count). The van der Waals surface area contributed by atoms with Crippen LogP contribution in [0.2, 0.25) is 0 Å². The standard InChI is InChI=1S/C32H38N4O2/c1-4-35(3)18-7-8-20-38-31-22-26(11-13-27(31)24-12-14-28-25(21-24)15-17-33-28)32(37)36-19-16-23(2)34-29-9-5-6-10-30(29)36/h5-6,9-15,17,21-23,33-34H,4,7-8,16,18-20H2,1-3H3/t23-/m0/s1. The molecule has 0 radical (unpaired) electrons. The van der Waals surface area contributed by atoms with Gasteiger partial charge in [0.05, 0.1) is 18.0 Å². The number of amides is 1. The molecule has 198 valence electrons. The molecule has 2 N–H and O–H groups in total. The molecule has 0 fully saturated rings. The van der Waals surface area contributed by atoms with Crippen molar-refractivity contribution in [1.29, 1.82) is 0 Å².